The lowest BCUT2D eigenvalue weighted by Gasteiger charge is -2.16. The fraction of sp³-hybridized carbons (Fsp3) is 0.350. The Bertz CT molecular complexity index is 787. The Morgan fingerprint density at radius 1 is 0.929 bits per heavy atom. The number of rotatable bonds is 8. The van der Waals surface area contributed by atoms with Crippen LogP contribution in [-0.4, -0.2) is 33.8 Å². The molecule has 2 rings (SSSR count). The van der Waals surface area contributed by atoms with Crippen molar-refractivity contribution < 1.29 is 14.2 Å². The molecular formula is C20H27ClIN3O3. The van der Waals surface area contributed by atoms with Gasteiger partial charge in [0.05, 0.1) is 27.9 Å². The topological polar surface area (TPSA) is 64.1 Å². The molecule has 2 N–H and O–H groups in total. The molecule has 0 radical (unpaired) electrons. The Balaban J connectivity index is 0.00000392. The summed E-state index contributed by atoms with van der Waals surface area (Å²) in [7, 11) is 4.78. The van der Waals surface area contributed by atoms with Crippen LogP contribution >= 0.6 is 35.6 Å². The quantitative estimate of drug-likeness (QED) is 0.310. The van der Waals surface area contributed by atoms with Crippen molar-refractivity contribution in [2.45, 2.75) is 20.0 Å². The largest absolute Gasteiger partial charge is 0.493 e. The number of hydrogen-bond acceptors (Lipinski definition) is 4. The number of methoxy groups -OCH3 is 3. The SMILES string of the molecule is CCNC(=NCc1ccc(OC)c(OC)c1OC)NCc1ccccc1Cl.I. The second-order valence-electron chi connectivity index (χ2n) is 5.63. The van der Waals surface area contributed by atoms with Gasteiger partial charge in [-0.05, 0) is 30.7 Å². The fourth-order valence-electron chi connectivity index (χ4n) is 2.61. The molecule has 0 aliphatic rings. The van der Waals surface area contributed by atoms with Crippen LogP contribution in [0.2, 0.25) is 5.02 Å². The van der Waals surface area contributed by atoms with E-state index in [1.807, 2.05) is 43.3 Å². The summed E-state index contributed by atoms with van der Waals surface area (Å²) in [5.41, 5.74) is 1.90. The Labute approximate surface area is 188 Å². The van der Waals surface area contributed by atoms with Gasteiger partial charge in [0.2, 0.25) is 5.75 Å². The number of guanidine groups is 1. The molecule has 0 unspecified atom stereocenters. The van der Waals surface area contributed by atoms with E-state index >= 15 is 0 Å². The normalized spacial score (nSPS) is 10.7. The third-order valence-electron chi connectivity index (χ3n) is 3.94. The highest BCUT2D eigenvalue weighted by Gasteiger charge is 2.15. The minimum Gasteiger partial charge on any atom is -0.493 e. The van der Waals surface area contributed by atoms with Crippen molar-refractivity contribution in [3.63, 3.8) is 0 Å². The molecule has 6 nitrogen and oxygen atoms in total. The lowest BCUT2D eigenvalue weighted by molar-refractivity contribution is 0.322. The van der Waals surface area contributed by atoms with Crippen molar-refractivity contribution in [1.29, 1.82) is 0 Å². The van der Waals surface area contributed by atoms with Crippen LogP contribution in [0.5, 0.6) is 17.2 Å². The molecule has 2 aromatic carbocycles. The molecule has 28 heavy (non-hydrogen) atoms. The third-order valence-corrected chi connectivity index (χ3v) is 4.31. The zero-order valence-electron chi connectivity index (χ0n) is 16.5. The van der Waals surface area contributed by atoms with Gasteiger partial charge in [0, 0.05) is 23.7 Å². The van der Waals surface area contributed by atoms with E-state index in [9.17, 15) is 0 Å². The van der Waals surface area contributed by atoms with Gasteiger partial charge in [0.25, 0.3) is 0 Å². The van der Waals surface area contributed by atoms with Crippen molar-refractivity contribution in [3.8, 4) is 17.2 Å². The first-order valence-corrected chi connectivity index (χ1v) is 9.05. The van der Waals surface area contributed by atoms with Gasteiger partial charge >= 0.3 is 0 Å². The van der Waals surface area contributed by atoms with Gasteiger partial charge in [-0.3, -0.25) is 0 Å². The first-order valence-electron chi connectivity index (χ1n) is 8.68. The first kappa shape index (κ1) is 24.2. The van der Waals surface area contributed by atoms with Crippen LogP contribution in [0.25, 0.3) is 0 Å². The van der Waals surface area contributed by atoms with E-state index in [2.05, 4.69) is 15.6 Å². The van der Waals surface area contributed by atoms with E-state index in [4.69, 9.17) is 25.8 Å². The molecule has 8 heteroatoms. The molecule has 0 saturated heterocycles. The van der Waals surface area contributed by atoms with Gasteiger partial charge in [-0.2, -0.15) is 0 Å². The van der Waals surface area contributed by atoms with Crippen molar-refractivity contribution in [2.75, 3.05) is 27.9 Å². The van der Waals surface area contributed by atoms with Gasteiger partial charge in [-0.15, -0.1) is 24.0 Å². The maximum Gasteiger partial charge on any atom is 0.203 e. The standard InChI is InChI=1S/C20H26ClN3O3.HI/c1-5-22-20(23-12-14-8-6-7-9-16(14)21)24-13-15-10-11-17(25-2)19(27-4)18(15)26-3;/h6-11H,5,12-13H2,1-4H3,(H2,22,23,24);1H. The highest BCUT2D eigenvalue weighted by molar-refractivity contribution is 14.0. The number of aliphatic imine (C=N–C) groups is 1. The number of ether oxygens (including phenoxy) is 3. The molecule has 0 saturated carbocycles. The van der Waals surface area contributed by atoms with Crippen LogP contribution in [0.15, 0.2) is 41.4 Å². The highest BCUT2D eigenvalue weighted by atomic mass is 127. The molecule has 0 aliphatic heterocycles. The molecular weight excluding hydrogens is 493 g/mol. The average molecular weight is 520 g/mol. The van der Waals surface area contributed by atoms with E-state index in [0.717, 1.165) is 22.7 Å². The monoisotopic (exact) mass is 519 g/mol. The smallest absolute Gasteiger partial charge is 0.203 e. The van der Waals surface area contributed by atoms with E-state index in [-0.39, 0.29) is 24.0 Å². The highest BCUT2D eigenvalue weighted by Crippen LogP contribution is 2.39. The summed E-state index contributed by atoms with van der Waals surface area (Å²) >= 11 is 6.22. The average Bonchev–Trinajstić information content (AvgIpc) is 2.70. The maximum atomic E-state index is 6.22. The molecule has 0 bridgehead atoms. The van der Waals surface area contributed by atoms with Crippen molar-refractivity contribution >= 4 is 41.5 Å². The Hall–Kier alpha value is -1.87. The Morgan fingerprint density at radius 2 is 1.64 bits per heavy atom. The van der Waals surface area contributed by atoms with Gasteiger partial charge in [-0.25, -0.2) is 4.99 Å². The lowest BCUT2D eigenvalue weighted by Crippen LogP contribution is -2.36. The molecule has 0 aliphatic carbocycles. The van der Waals surface area contributed by atoms with Crippen LogP contribution in [0.4, 0.5) is 0 Å². The lowest BCUT2D eigenvalue weighted by atomic mass is 10.1. The third kappa shape index (κ3) is 6.34. The predicted molar refractivity (Wildman–Crippen MR) is 125 cm³/mol. The van der Waals surface area contributed by atoms with E-state index < -0.39 is 0 Å². The van der Waals surface area contributed by atoms with Gasteiger partial charge in [0.15, 0.2) is 17.5 Å². The van der Waals surface area contributed by atoms with Crippen LogP contribution in [0.1, 0.15) is 18.1 Å². The molecule has 0 amide bonds. The van der Waals surface area contributed by atoms with Crippen molar-refractivity contribution in [3.05, 3.63) is 52.5 Å². The number of benzene rings is 2. The van der Waals surface area contributed by atoms with Crippen molar-refractivity contribution in [2.24, 2.45) is 4.99 Å². The van der Waals surface area contributed by atoms with Crippen molar-refractivity contribution in [1.82, 2.24) is 10.6 Å². The fourth-order valence-corrected chi connectivity index (χ4v) is 2.82. The van der Waals surface area contributed by atoms with Crippen LogP contribution in [-0.2, 0) is 13.1 Å². The van der Waals surface area contributed by atoms with E-state index in [0.29, 0.717) is 36.3 Å². The summed E-state index contributed by atoms with van der Waals surface area (Å²) in [6, 6.07) is 11.5. The molecule has 0 aromatic heterocycles. The summed E-state index contributed by atoms with van der Waals surface area (Å²) in [5, 5.41) is 7.25. The van der Waals surface area contributed by atoms with Gasteiger partial charge in [0.1, 0.15) is 0 Å². The molecule has 2 aromatic rings. The second-order valence-corrected chi connectivity index (χ2v) is 6.04. The minimum absolute atomic E-state index is 0. The molecule has 0 spiro atoms. The second kappa shape index (κ2) is 12.6. The minimum atomic E-state index is 0. The molecule has 154 valence electrons. The molecule has 0 heterocycles. The summed E-state index contributed by atoms with van der Waals surface area (Å²) in [6.45, 7) is 3.76. The van der Waals surface area contributed by atoms with Crippen LogP contribution < -0.4 is 24.8 Å². The van der Waals surface area contributed by atoms with Crippen LogP contribution in [0, 0.1) is 0 Å². The maximum absolute atomic E-state index is 6.22. The number of hydrogen-bond donors (Lipinski definition) is 2. The predicted octanol–water partition coefficient (Wildman–Crippen LogP) is 4.24. The molecule has 0 atom stereocenters. The zero-order valence-corrected chi connectivity index (χ0v) is 19.6. The number of nitrogens with one attached hydrogen (secondary N) is 2. The Morgan fingerprint density at radius 3 is 2.25 bits per heavy atom. The number of halogens is 2. The summed E-state index contributed by atoms with van der Waals surface area (Å²) < 4.78 is 16.3. The molecule has 0 fully saturated rings. The summed E-state index contributed by atoms with van der Waals surface area (Å²) in [6.07, 6.45) is 0. The summed E-state index contributed by atoms with van der Waals surface area (Å²) in [5.74, 6) is 2.48. The van der Waals surface area contributed by atoms with Gasteiger partial charge in [-0.1, -0.05) is 29.8 Å². The zero-order chi connectivity index (χ0) is 19.6. The van der Waals surface area contributed by atoms with Crippen LogP contribution in [0.3, 0.4) is 0 Å². The number of nitrogens with zero attached hydrogens (tertiary/aromatic N) is 1. The van der Waals surface area contributed by atoms with E-state index in [1.165, 1.54) is 0 Å². The van der Waals surface area contributed by atoms with E-state index in [1.54, 1.807) is 21.3 Å². The Kier molecular flexibility index (Phi) is 10.8. The van der Waals surface area contributed by atoms with Gasteiger partial charge < -0.3 is 24.8 Å². The summed E-state index contributed by atoms with van der Waals surface area (Å²) in [4.78, 5) is 4.64. The first-order chi connectivity index (χ1) is 13.1.